The van der Waals surface area contributed by atoms with Crippen LogP contribution in [0.25, 0.3) is 16.7 Å². The summed E-state index contributed by atoms with van der Waals surface area (Å²) >= 11 is 0. The van der Waals surface area contributed by atoms with Crippen molar-refractivity contribution in [3.05, 3.63) is 78.6 Å². The van der Waals surface area contributed by atoms with Crippen LogP contribution in [0.3, 0.4) is 0 Å². The molecule has 170 valence electrons. The number of para-hydroxylation sites is 2. The number of nitrogens with one attached hydrogen (secondary N) is 1. The Balaban J connectivity index is 1.57. The van der Waals surface area contributed by atoms with Crippen molar-refractivity contribution in [2.24, 2.45) is 0 Å². The maximum atomic E-state index is 12.8. The van der Waals surface area contributed by atoms with Gasteiger partial charge in [0, 0.05) is 24.3 Å². The minimum atomic E-state index is -3.73. The van der Waals surface area contributed by atoms with E-state index in [0.717, 1.165) is 16.7 Å². The molecule has 33 heavy (non-hydrogen) atoms. The number of carbonyl (C=O) groups is 1. The number of nitrogens with zero attached hydrogens (tertiary/aromatic N) is 3. The predicted molar refractivity (Wildman–Crippen MR) is 127 cm³/mol. The molecule has 4 aromatic rings. The second-order valence-electron chi connectivity index (χ2n) is 7.37. The van der Waals surface area contributed by atoms with Crippen LogP contribution in [-0.2, 0) is 10.0 Å². The van der Waals surface area contributed by atoms with E-state index in [1.54, 1.807) is 44.4 Å². The summed E-state index contributed by atoms with van der Waals surface area (Å²) in [5.74, 6) is -0.687. The lowest BCUT2D eigenvalue weighted by Gasteiger charge is -2.19. The summed E-state index contributed by atoms with van der Waals surface area (Å²) < 4.78 is 28.8. The fourth-order valence-electron chi connectivity index (χ4n) is 3.62. The van der Waals surface area contributed by atoms with Gasteiger partial charge in [0.25, 0.3) is 5.91 Å². The third-order valence-electron chi connectivity index (χ3n) is 5.42. The van der Waals surface area contributed by atoms with Crippen molar-refractivity contribution in [3.8, 4) is 11.4 Å². The van der Waals surface area contributed by atoms with Crippen molar-refractivity contribution in [1.82, 2.24) is 13.9 Å². The number of carbonyl (C=O) groups excluding carboxylic acids is 1. The van der Waals surface area contributed by atoms with Crippen LogP contribution in [0.2, 0.25) is 0 Å². The average Bonchev–Trinajstić information content (AvgIpc) is 3.25. The van der Waals surface area contributed by atoms with Gasteiger partial charge in [-0.15, -0.1) is 0 Å². The number of sulfonamides is 1. The fourth-order valence-corrected chi connectivity index (χ4v) is 5.11. The molecule has 8 nitrogen and oxygen atoms in total. The first kappa shape index (κ1) is 22.5. The first-order valence-electron chi connectivity index (χ1n) is 10.5. The Morgan fingerprint density at radius 2 is 1.73 bits per heavy atom. The maximum absolute atomic E-state index is 12.8. The summed E-state index contributed by atoms with van der Waals surface area (Å²) in [6, 6.07) is 18.5. The Bertz CT molecular complexity index is 1410. The van der Waals surface area contributed by atoms with E-state index >= 15 is 0 Å². The minimum absolute atomic E-state index is 0.00151. The van der Waals surface area contributed by atoms with Gasteiger partial charge in [0.2, 0.25) is 10.0 Å². The normalized spacial score (nSPS) is 11.7. The van der Waals surface area contributed by atoms with Crippen LogP contribution in [0.5, 0.6) is 5.75 Å². The zero-order chi connectivity index (χ0) is 23.6. The molecule has 0 aliphatic rings. The van der Waals surface area contributed by atoms with E-state index in [4.69, 9.17) is 0 Å². The number of phenolic OH excluding ortho intramolecular Hbond substituents is 1. The summed E-state index contributed by atoms with van der Waals surface area (Å²) in [4.78, 5) is 17.2. The monoisotopic (exact) mass is 464 g/mol. The lowest BCUT2D eigenvalue weighted by Crippen LogP contribution is -2.30. The second kappa shape index (κ2) is 9.05. The van der Waals surface area contributed by atoms with Crippen molar-refractivity contribution in [2.75, 3.05) is 18.4 Å². The van der Waals surface area contributed by atoms with Crippen molar-refractivity contribution >= 4 is 32.7 Å². The highest BCUT2D eigenvalue weighted by molar-refractivity contribution is 7.89. The van der Waals surface area contributed by atoms with Crippen LogP contribution in [0.1, 0.15) is 24.2 Å². The molecule has 0 saturated heterocycles. The zero-order valence-electron chi connectivity index (χ0n) is 18.3. The molecule has 1 amide bonds. The number of aromatic nitrogens is 2. The number of aromatic hydroxyl groups is 1. The van der Waals surface area contributed by atoms with E-state index in [-0.39, 0.29) is 16.3 Å². The smallest absolute Gasteiger partial charge is 0.255 e. The number of amides is 1. The standard InChI is InChI=1S/C24H24N4O4S/c1-3-27(4-2)33(31,32)19-13-14-23(29)21(15-19)26-24(30)17-9-11-18(12-10-17)28-16-25-20-7-5-6-8-22(20)28/h5-16,29H,3-4H2,1-2H3,(H,26,30). The molecular weight excluding hydrogens is 440 g/mol. The van der Waals surface area contributed by atoms with Gasteiger partial charge in [0.1, 0.15) is 12.1 Å². The van der Waals surface area contributed by atoms with Crippen molar-refractivity contribution in [2.45, 2.75) is 18.7 Å². The first-order chi connectivity index (χ1) is 15.8. The quantitative estimate of drug-likeness (QED) is 0.402. The van der Waals surface area contributed by atoms with Gasteiger partial charge >= 0.3 is 0 Å². The summed E-state index contributed by atoms with van der Waals surface area (Å²) in [5.41, 5.74) is 3.05. The molecule has 9 heteroatoms. The molecule has 0 saturated carbocycles. The molecule has 0 atom stereocenters. The topological polar surface area (TPSA) is 105 Å². The van der Waals surface area contributed by atoms with Crippen LogP contribution in [0.15, 0.2) is 78.0 Å². The average molecular weight is 465 g/mol. The summed E-state index contributed by atoms with van der Waals surface area (Å²) in [6.07, 6.45) is 1.72. The number of anilines is 1. The molecule has 1 heterocycles. The van der Waals surface area contributed by atoms with Gasteiger partial charge in [-0.25, -0.2) is 13.4 Å². The number of hydrogen-bond donors (Lipinski definition) is 2. The summed E-state index contributed by atoms with van der Waals surface area (Å²) in [5, 5.41) is 12.8. The third kappa shape index (κ3) is 4.33. The van der Waals surface area contributed by atoms with Gasteiger partial charge in [-0.1, -0.05) is 26.0 Å². The molecule has 0 radical (unpaired) electrons. The van der Waals surface area contributed by atoms with Crippen LogP contribution < -0.4 is 5.32 Å². The van der Waals surface area contributed by atoms with E-state index in [1.165, 1.54) is 22.5 Å². The maximum Gasteiger partial charge on any atom is 0.255 e. The highest BCUT2D eigenvalue weighted by Crippen LogP contribution is 2.28. The Morgan fingerprint density at radius 1 is 1.03 bits per heavy atom. The highest BCUT2D eigenvalue weighted by atomic mass is 32.2. The zero-order valence-corrected chi connectivity index (χ0v) is 19.1. The fraction of sp³-hybridized carbons (Fsp3) is 0.167. The Labute approximate surface area is 192 Å². The summed E-state index contributed by atoms with van der Waals surface area (Å²) in [6.45, 7) is 4.14. The van der Waals surface area contributed by atoms with Crippen molar-refractivity contribution < 1.29 is 18.3 Å². The molecular formula is C24H24N4O4S. The van der Waals surface area contributed by atoms with Gasteiger partial charge in [0.15, 0.2) is 0 Å². The van der Waals surface area contributed by atoms with E-state index in [0.29, 0.717) is 18.7 Å². The molecule has 0 spiro atoms. The predicted octanol–water partition coefficient (Wildman–Crippen LogP) is 4.01. The number of phenols is 1. The van der Waals surface area contributed by atoms with Crippen LogP contribution in [0.4, 0.5) is 5.69 Å². The SMILES string of the molecule is CCN(CC)S(=O)(=O)c1ccc(O)c(NC(=O)c2ccc(-n3cnc4ccccc43)cc2)c1. The van der Waals surface area contributed by atoms with Gasteiger partial charge in [-0.2, -0.15) is 4.31 Å². The Morgan fingerprint density at radius 3 is 2.42 bits per heavy atom. The summed E-state index contributed by atoms with van der Waals surface area (Å²) in [7, 11) is -3.73. The molecule has 0 aliphatic carbocycles. The molecule has 3 aromatic carbocycles. The van der Waals surface area contributed by atoms with Gasteiger partial charge in [-0.3, -0.25) is 9.36 Å². The van der Waals surface area contributed by atoms with Crippen LogP contribution >= 0.6 is 0 Å². The molecule has 0 aliphatic heterocycles. The van der Waals surface area contributed by atoms with Crippen LogP contribution in [-0.4, -0.2) is 46.4 Å². The number of rotatable bonds is 7. The number of hydrogen-bond acceptors (Lipinski definition) is 5. The highest BCUT2D eigenvalue weighted by Gasteiger charge is 2.23. The Kier molecular flexibility index (Phi) is 6.17. The molecule has 0 unspecified atom stereocenters. The third-order valence-corrected chi connectivity index (χ3v) is 7.47. The molecule has 1 aromatic heterocycles. The second-order valence-corrected chi connectivity index (χ2v) is 9.31. The van der Waals surface area contributed by atoms with E-state index in [9.17, 15) is 18.3 Å². The molecule has 0 fully saturated rings. The van der Waals surface area contributed by atoms with E-state index < -0.39 is 15.9 Å². The van der Waals surface area contributed by atoms with Gasteiger partial charge < -0.3 is 10.4 Å². The van der Waals surface area contributed by atoms with E-state index in [1.807, 2.05) is 28.8 Å². The van der Waals surface area contributed by atoms with Crippen LogP contribution in [0, 0.1) is 0 Å². The number of benzene rings is 3. The molecule has 4 rings (SSSR count). The molecule has 0 bridgehead atoms. The Hall–Kier alpha value is -3.69. The van der Waals surface area contributed by atoms with Crippen molar-refractivity contribution in [1.29, 1.82) is 0 Å². The lowest BCUT2D eigenvalue weighted by atomic mass is 10.1. The largest absolute Gasteiger partial charge is 0.506 e. The minimum Gasteiger partial charge on any atom is -0.506 e. The molecule has 2 N–H and O–H groups in total. The lowest BCUT2D eigenvalue weighted by molar-refractivity contribution is 0.102. The van der Waals surface area contributed by atoms with Crippen molar-refractivity contribution in [3.63, 3.8) is 0 Å². The number of imidazole rings is 1. The van der Waals surface area contributed by atoms with Gasteiger partial charge in [0.05, 0.1) is 21.6 Å². The number of fused-ring (bicyclic) bond motifs is 1. The van der Waals surface area contributed by atoms with Gasteiger partial charge in [-0.05, 0) is 54.6 Å². The van der Waals surface area contributed by atoms with E-state index in [2.05, 4.69) is 10.3 Å². The first-order valence-corrected chi connectivity index (χ1v) is 12.0.